The summed E-state index contributed by atoms with van der Waals surface area (Å²) in [6.45, 7) is 8.55. The number of benzene rings is 2. The van der Waals surface area contributed by atoms with Crippen LogP contribution in [0.3, 0.4) is 0 Å². The minimum atomic E-state index is -0.0494. The van der Waals surface area contributed by atoms with Crippen LogP contribution in [0.15, 0.2) is 42.6 Å². The fraction of sp³-hybridized carbons (Fsp3) is 0.333. The Balaban J connectivity index is 1.56. The SMILES string of the molecule is CC(=O)N(CCC(=O)NCCc1c[nH]c2ccccc12)c1c(C)cc(C)cc1C. The Bertz CT molecular complexity index is 1010. The number of carbonyl (C=O) groups is 2. The lowest BCUT2D eigenvalue weighted by Crippen LogP contribution is -2.35. The Kier molecular flexibility index (Phi) is 6.37. The number of aryl methyl sites for hydroxylation is 3. The minimum absolute atomic E-state index is 0.0430. The van der Waals surface area contributed by atoms with E-state index in [1.807, 2.05) is 45.2 Å². The average Bonchev–Trinajstić information content (AvgIpc) is 3.06. The Hall–Kier alpha value is -3.08. The highest BCUT2D eigenvalue weighted by atomic mass is 16.2. The molecule has 29 heavy (non-hydrogen) atoms. The van der Waals surface area contributed by atoms with Crippen LogP contribution in [0.2, 0.25) is 0 Å². The fourth-order valence-corrected chi connectivity index (χ4v) is 4.00. The van der Waals surface area contributed by atoms with Gasteiger partial charge in [-0.05, 0) is 49.9 Å². The van der Waals surface area contributed by atoms with E-state index in [-0.39, 0.29) is 18.2 Å². The summed E-state index contributed by atoms with van der Waals surface area (Å²) in [6, 6.07) is 12.3. The summed E-state index contributed by atoms with van der Waals surface area (Å²) in [4.78, 5) is 29.6. The zero-order valence-corrected chi connectivity index (χ0v) is 17.6. The van der Waals surface area contributed by atoms with Gasteiger partial charge in [0, 0.05) is 49.2 Å². The van der Waals surface area contributed by atoms with Crippen molar-refractivity contribution in [2.75, 3.05) is 18.0 Å². The van der Waals surface area contributed by atoms with Crippen molar-refractivity contribution in [3.05, 3.63) is 64.8 Å². The molecule has 0 spiro atoms. The Morgan fingerprint density at radius 3 is 2.45 bits per heavy atom. The van der Waals surface area contributed by atoms with Crippen LogP contribution in [0.5, 0.6) is 0 Å². The van der Waals surface area contributed by atoms with E-state index in [2.05, 4.69) is 28.5 Å². The van der Waals surface area contributed by atoms with Gasteiger partial charge >= 0.3 is 0 Å². The summed E-state index contributed by atoms with van der Waals surface area (Å²) in [5.74, 6) is -0.0924. The quantitative estimate of drug-likeness (QED) is 0.634. The zero-order chi connectivity index (χ0) is 21.0. The van der Waals surface area contributed by atoms with Crippen molar-refractivity contribution in [1.82, 2.24) is 10.3 Å². The van der Waals surface area contributed by atoms with E-state index in [1.54, 1.807) is 11.8 Å². The highest BCUT2D eigenvalue weighted by molar-refractivity contribution is 5.94. The van der Waals surface area contributed by atoms with Crippen LogP contribution in [-0.2, 0) is 16.0 Å². The summed E-state index contributed by atoms with van der Waals surface area (Å²) in [5.41, 5.74) is 6.48. The molecule has 2 aromatic carbocycles. The first-order chi connectivity index (χ1) is 13.9. The van der Waals surface area contributed by atoms with E-state index < -0.39 is 0 Å². The molecule has 0 fully saturated rings. The number of amides is 2. The lowest BCUT2D eigenvalue weighted by atomic mass is 10.0. The number of para-hydroxylation sites is 1. The van der Waals surface area contributed by atoms with Crippen molar-refractivity contribution in [3.63, 3.8) is 0 Å². The molecule has 1 heterocycles. The number of H-pyrrole nitrogens is 1. The molecule has 5 nitrogen and oxygen atoms in total. The van der Waals surface area contributed by atoms with Gasteiger partial charge in [0.05, 0.1) is 0 Å². The number of nitrogens with one attached hydrogen (secondary N) is 2. The topological polar surface area (TPSA) is 65.2 Å². The number of carbonyl (C=O) groups excluding carboxylic acids is 2. The van der Waals surface area contributed by atoms with Crippen LogP contribution < -0.4 is 10.2 Å². The van der Waals surface area contributed by atoms with Crippen molar-refractivity contribution in [2.24, 2.45) is 0 Å². The molecule has 3 rings (SSSR count). The summed E-state index contributed by atoms with van der Waals surface area (Å²) in [5, 5.41) is 4.17. The number of aromatic amines is 1. The molecular formula is C24H29N3O2. The predicted molar refractivity (Wildman–Crippen MR) is 118 cm³/mol. The van der Waals surface area contributed by atoms with Crippen molar-refractivity contribution >= 4 is 28.4 Å². The van der Waals surface area contributed by atoms with E-state index in [0.29, 0.717) is 13.1 Å². The van der Waals surface area contributed by atoms with E-state index in [9.17, 15) is 9.59 Å². The minimum Gasteiger partial charge on any atom is -0.361 e. The molecule has 152 valence electrons. The second kappa shape index (κ2) is 8.95. The maximum absolute atomic E-state index is 12.4. The molecule has 3 aromatic rings. The first-order valence-corrected chi connectivity index (χ1v) is 10.0. The number of anilines is 1. The standard InChI is InChI=1S/C24H29N3O2/c1-16-13-17(2)24(18(3)14-16)27(19(4)28)12-10-23(29)25-11-9-20-15-26-22-8-6-5-7-21(20)22/h5-8,13-15,26H,9-12H2,1-4H3,(H,25,29). The maximum atomic E-state index is 12.4. The van der Waals surface area contributed by atoms with Crippen LogP contribution >= 0.6 is 0 Å². The van der Waals surface area contributed by atoms with E-state index in [1.165, 1.54) is 16.5 Å². The Labute approximate surface area is 172 Å². The predicted octanol–water partition coefficient (Wildman–Crippen LogP) is 4.20. The van der Waals surface area contributed by atoms with E-state index >= 15 is 0 Å². The second-order valence-corrected chi connectivity index (χ2v) is 7.63. The van der Waals surface area contributed by atoms with Gasteiger partial charge in [0.15, 0.2) is 0 Å². The lowest BCUT2D eigenvalue weighted by molar-refractivity contribution is -0.121. The number of fused-ring (bicyclic) bond motifs is 1. The van der Waals surface area contributed by atoms with Crippen molar-refractivity contribution in [3.8, 4) is 0 Å². The third kappa shape index (κ3) is 4.86. The molecule has 0 saturated carbocycles. The Morgan fingerprint density at radius 1 is 1.07 bits per heavy atom. The molecule has 0 unspecified atom stereocenters. The summed E-state index contributed by atoms with van der Waals surface area (Å²) >= 11 is 0. The van der Waals surface area contributed by atoms with Crippen molar-refractivity contribution < 1.29 is 9.59 Å². The van der Waals surface area contributed by atoms with Crippen molar-refractivity contribution in [1.29, 1.82) is 0 Å². The molecule has 2 amide bonds. The molecule has 0 radical (unpaired) electrons. The molecule has 0 aliphatic rings. The normalized spacial score (nSPS) is 10.9. The zero-order valence-electron chi connectivity index (χ0n) is 17.6. The highest BCUT2D eigenvalue weighted by Crippen LogP contribution is 2.26. The number of hydrogen-bond donors (Lipinski definition) is 2. The maximum Gasteiger partial charge on any atom is 0.223 e. The van der Waals surface area contributed by atoms with Gasteiger partial charge in [-0.1, -0.05) is 35.9 Å². The Morgan fingerprint density at radius 2 is 1.76 bits per heavy atom. The molecule has 0 aliphatic carbocycles. The van der Waals surface area contributed by atoms with Gasteiger partial charge in [-0.2, -0.15) is 0 Å². The molecular weight excluding hydrogens is 362 g/mol. The van der Waals surface area contributed by atoms with Crippen LogP contribution in [0.4, 0.5) is 5.69 Å². The summed E-state index contributed by atoms with van der Waals surface area (Å²) in [6.07, 6.45) is 3.04. The number of hydrogen-bond acceptors (Lipinski definition) is 2. The average molecular weight is 392 g/mol. The number of rotatable bonds is 7. The van der Waals surface area contributed by atoms with Gasteiger partial charge in [-0.3, -0.25) is 9.59 Å². The van der Waals surface area contributed by atoms with Gasteiger partial charge in [0.1, 0.15) is 0 Å². The van der Waals surface area contributed by atoms with Crippen LogP contribution in [0, 0.1) is 20.8 Å². The lowest BCUT2D eigenvalue weighted by Gasteiger charge is -2.25. The largest absolute Gasteiger partial charge is 0.361 e. The summed E-state index contributed by atoms with van der Waals surface area (Å²) < 4.78 is 0. The second-order valence-electron chi connectivity index (χ2n) is 7.63. The van der Waals surface area contributed by atoms with Gasteiger partial charge in [-0.25, -0.2) is 0 Å². The molecule has 0 atom stereocenters. The van der Waals surface area contributed by atoms with Crippen LogP contribution in [-0.4, -0.2) is 29.9 Å². The van der Waals surface area contributed by atoms with Gasteiger partial charge in [0.2, 0.25) is 11.8 Å². The van der Waals surface area contributed by atoms with E-state index in [4.69, 9.17) is 0 Å². The molecule has 1 aromatic heterocycles. The molecule has 0 aliphatic heterocycles. The third-order valence-corrected chi connectivity index (χ3v) is 5.24. The highest BCUT2D eigenvalue weighted by Gasteiger charge is 2.18. The van der Waals surface area contributed by atoms with Gasteiger partial charge in [0.25, 0.3) is 0 Å². The molecule has 0 saturated heterocycles. The number of nitrogens with zero attached hydrogens (tertiary/aromatic N) is 1. The molecule has 0 bridgehead atoms. The smallest absolute Gasteiger partial charge is 0.223 e. The fourth-order valence-electron chi connectivity index (χ4n) is 4.00. The molecule has 5 heteroatoms. The summed E-state index contributed by atoms with van der Waals surface area (Å²) in [7, 11) is 0. The molecule has 2 N–H and O–H groups in total. The monoisotopic (exact) mass is 391 g/mol. The van der Waals surface area contributed by atoms with Gasteiger partial charge in [-0.15, -0.1) is 0 Å². The first-order valence-electron chi connectivity index (χ1n) is 10.0. The van der Waals surface area contributed by atoms with Crippen LogP contribution in [0.1, 0.15) is 35.6 Å². The van der Waals surface area contributed by atoms with Crippen molar-refractivity contribution in [2.45, 2.75) is 40.5 Å². The first kappa shape index (κ1) is 20.6. The third-order valence-electron chi connectivity index (χ3n) is 5.24. The number of aromatic nitrogens is 1. The van der Waals surface area contributed by atoms with Gasteiger partial charge < -0.3 is 15.2 Å². The van der Waals surface area contributed by atoms with E-state index in [0.717, 1.165) is 28.8 Å². The van der Waals surface area contributed by atoms with Crippen LogP contribution in [0.25, 0.3) is 10.9 Å².